The van der Waals surface area contributed by atoms with Crippen molar-refractivity contribution in [1.29, 1.82) is 0 Å². The highest BCUT2D eigenvalue weighted by Gasteiger charge is 2.24. The van der Waals surface area contributed by atoms with Crippen molar-refractivity contribution in [3.05, 3.63) is 95.7 Å². The fourth-order valence-corrected chi connectivity index (χ4v) is 3.64. The van der Waals surface area contributed by atoms with Crippen molar-refractivity contribution in [2.24, 2.45) is 0 Å². The third-order valence-electron chi connectivity index (χ3n) is 5.21. The molecule has 30 heavy (non-hydrogen) atoms. The zero-order valence-corrected chi connectivity index (χ0v) is 16.6. The van der Waals surface area contributed by atoms with Gasteiger partial charge in [0.1, 0.15) is 11.6 Å². The number of carbonyl (C=O) groups is 1. The molecule has 2 aromatic heterocycles. The number of pyridine rings is 1. The van der Waals surface area contributed by atoms with Crippen molar-refractivity contribution >= 4 is 16.8 Å². The topological polar surface area (TPSA) is 67.0 Å². The van der Waals surface area contributed by atoms with Crippen LogP contribution in [-0.2, 0) is 11.3 Å². The molecule has 0 saturated heterocycles. The van der Waals surface area contributed by atoms with Crippen LogP contribution in [0.4, 0.5) is 4.39 Å². The van der Waals surface area contributed by atoms with Crippen LogP contribution in [0.25, 0.3) is 10.9 Å². The fourth-order valence-electron chi connectivity index (χ4n) is 3.64. The molecular weight excluding hydrogens is 381 g/mol. The van der Waals surface area contributed by atoms with Gasteiger partial charge >= 0.3 is 0 Å². The summed E-state index contributed by atoms with van der Waals surface area (Å²) in [6.45, 7) is 0.396. The summed E-state index contributed by atoms with van der Waals surface area (Å²) in [5, 5.41) is 3.83. The highest BCUT2D eigenvalue weighted by molar-refractivity contribution is 5.87. The molecule has 6 heteroatoms. The second-order valence-corrected chi connectivity index (χ2v) is 7.07. The number of methoxy groups -OCH3 is 1. The van der Waals surface area contributed by atoms with E-state index in [9.17, 15) is 9.18 Å². The molecule has 0 saturated carbocycles. The maximum Gasteiger partial charge on any atom is 0.221 e. The molecule has 4 rings (SSSR count). The lowest BCUT2D eigenvalue weighted by atomic mass is 9.87. The minimum absolute atomic E-state index is 0.121. The number of benzene rings is 2. The van der Waals surface area contributed by atoms with Gasteiger partial charge in [-0.05, 0) is 53.1 Å². The highest BCUT2D eigenvalue weighted by atomic mass is 19.1. The molecule has 0 aliphatic heterocycles. The van der Waals surface area contributed by atoms with Crippen molar-refractivity contribution in [1.82, 2.24) is 15.3 Å². The number of hydrogen-bond acceptors (Lipinski definition) is 3. The first kappa shape index (κ1) is 19.6. The molecule has 2 heterocycles. The Bertz CT molecular complexity index is 1160. The summed E-state index contributed by atoms with van der Waals surface area (Å²) in [4.78, 5) is 20.0. The van der Waals surface area contributed by atoms with Gasteiger partial charge in [-0.3, -0.25) is 9.78 Å². The maximum absolute atomic E-state index is 14.7. The predicted octanol–water partition coefficient (Wildman–Crippen LogP) is 4.55. The molecule has 152 valence electrons. The van der Waals surface area contributed by atoms with E-state index in [0.717, 1.165) is 22.0 Å². The van der Waals surface area contributed by atoms with Crippen LogP contribution in [0.2, 0.25) is 0 Å². The Morgan fingerprint density at radius 1 is 1.13 bits per heavy atom. The molecule has 0 fully saturated rings. The van der Waals surface area contributed by atoms with Crippen LogP contribution >= 0.6 is 0 Å². The Hall–Kier alpha value is -3.67. The van der Waals surface area contributed by atoms with Gasteiger partial charge in [-0.2, -0.15) is 0 Å². The van der Waals surface area contributed by atoms with E-state index in [2.05, 4.69) is 15.3 Å². The number of carbonyl (C=O) groups excluding carboxylic acids is 1. The molecule has 0 unspecified atom stereocenters. The van der Waals surface area contributed by atoms with E-state index in [1.165, 1.54) is 6.07 Å². The summed E-state index contributed by atoms with van der Waals surface area (Å²) in [6.07, 6.45) is 5.33. The second-order valence-electron chi connectivity index (χ2n) is 7.07. The number of rotatable bonds is 7. The molecule has 4 aromatic rings. The molecule has 0 aliphatic rings. The van der Waals surface area contributed by atoms with Crippen molar-refractivity contribution in [3.8, 4) is 5.75 Å². The van der Waals surface area contributed by atoms with E-state index < -0.39 is 5.92 Å². The van der Waals surface area contributed by atoms with Gasteiger partial charge in [-0.15, -0.1) is 0 Å². The Balaban J connectivity index is 1.66. The Morgan fingerprint density at radius 2 is 1.93 bits per heavy atom. The molecule has 2 aromatic carbocycles. The molecular formula is C24H22FN3O2. The van der Waals surface area contributed by atoms with Crippen LogP contribution in [0.5, 0.6) is 5.75 Å². The van der Waals surface area contributed by atoms with Crippen LogP contribution in [-0.4, -0.2) is 23.0 Å². The molecule has 1 atom stereocenters. The van der Waals surface area contributed by atoms with E-state index in [1.54, 1.807) is 37.7 Å². The summed E-state index contributed by atoms with van der Waals surface area (Å²) in [5.74, 6) is -0.221. The quantitative estimate of drug-likeness (QED) is 0.476. The third-order valence-corrected chi connectivity index (χ3v) is 5.21. The number of fused-ring (bicyclic) bond motifs is 1. The molecule has 0 bridgehead atoms. The molecule has 5 nitrogen and oxygen atoms in total. The number of aromatic nitrogens is 2. The number of H-pyrrole nitrogens is 1. The first-order chi connectivity index (χ1) is 14.7. The number of nitrogens with one attached hydrogen (secondary N) is 2. The average molecular weight is 403 g/mol. The summed E-state index contributed by atoms with van der Waals surface area (Å²) < 4.78 is 20.1. The molecule has 0 aliphatic carbocycles. The van der Waals surface area contributed by atoms with Gasteiger partial charge < -0.3 is 15.0 Å². The summed E-state index contributed by atoms with van der Waals surface area (Å²) in [7, 11) is 1.61. The van der Waals surface area contributed by atoms with Gasteiger partial charge in [0.25, 0.3) is 0 Å². The fraction of sp³-hybridized carbons (Fsp3) is 0.167. The normalized spacial score (nSPS) is 11.9. The highest BCUT2D eigenvalue weighted by Crippen LogP contribution is 2.36. The van der Waals surface area contributed by atoms with Crippen molar-refractivity contribution < 1.29 is 13.9 Å². The van der Waals surface area contributed by atoms with Crippen molar-refractivity contribution in [2.45, 2.75) is 18.9 Å². The Kier molecular flexibility index (Phi) is 5.75. The van der Waals surface area contributed by atoms with E-state index in [-0.39, 0.29) is 18.1 Å². The van der Waals surface area contributed by atoms with E-state index in [1.807, 2.05) is 36.5 Å². The SMILES string of the molecule is COc1ccc2[nH]cc([C@@H](CC(=O)NCc3ccncc3)c3ccccc3F)c2c1. The largest absolute Gasteiger partial charge is 0.497 e. The lowest BCUT2D eigenvalue weighted by molar-refractivity contribution is -0.121. The Labute approximate surface area is 173 Å². The van der Waals surface area contributed by atoms with E-state index >= 15 is 0 Å². The zero-order chi connectivity index (χ0) is 20.9. The average Bonchev–Trinajstić information content (AvgIpc) is 3.20. The van der Waals surface area contributed by atoms with Crippen molar-refractivity contribution in [2.75, 3.05) is 7.11 Å². The van der Waals surface area contributed by atoms with E-state index in [4.69, 9.17) is 4.74 Å². The standard InChI is InChI=1S/C24H22FN3O2/c1-30-17-6-7-23-20(12-17)21(15-27-23)19(18-4-2-3-5-22(18)25)13-24(29)28-14-16-8-10-26-11-9-16/h2-12,15,19,27H,13-14H2,1H3,(H,28,29)/t19-/m0/s1. The van der Waals surface area contributed by atoms with Gasteiger partial charge in [0.15, 0.2) is 0 Å². The summed E-state index contributed by atoms with van der Waals surface area (Å²) >= 11 is 0. The van der Waals surface area contributed by atoms with Crippen LogP contribution in [0.1, 0.15) is 29.0 Å². The lowest BCUT2D eigenvalue weighted by Gasteiger charge is -2.18. The minimum atomic E-state index is -0.440. The van der Waals surface area contributed by atoms with Gasteiger partial charge in [0.2, 0.25) is 5.91 Å². The first-order valence-electron chi connectivity index (χ1n) is 9.70. The molecule has 2 N–H and O–H groups in total. The molecule has 0 spiro atoms. The monoisotopic (exact) mass is 403 g/mol. The van der Waals surface area contributed by atoms with Crippen LogP contribution in [0, 0.1) is 5.82 Å². The van der Waals surface area contributed by atoms with Crippen LogP contribution in [0.3, 0.4) is 0 Å². The first-order valence-corrected chi connectivity index (χ1v) is 9.70. The van der Waals surface area contributed by atoms with Crippen LogP contribution in [0.15, 0.2) is 73.2 Å². The zero-order valence-electron chi connectivity index (χ0n) is 16.6. The predicted molar refractivity (Wildman–Crippen MR) is 114 cm³/mol. The lowest BCUT2D eigenvalue weighted by Crippen LogP contribution is -2.25. The molecule has 1 amide bonds. The number of ether oxygens (including phenoxy) is 1. The second kappa shape index (κ2) is 8.78. The van der Waals surface area contributed by atoms with Gasteiger partial charge in [-0.25, -0.2) is 4.39 Å². The van der Waals surface area contributed by atoms with Crippen molar-refractivity contribution in [3.63, 3.8) is 0 Å². The number of nitrogens with zero attached hydrogens (tertiary/aromatic N) is 1. The summed E-state index contributed by atoms with van der Waals surface area (Å²) in [6, 6.07) is 16.0. The maximum atomic E-state index is 14.7. The van der Waals surface area contributed by atoms with Crippen LogP contribution < -0.4 is 10.1 Å². The smallest absolute Gasteiger partial charge is 0.221 e. The Morgan fingerprint density at radius 3 is 2.70 bits per heavy atom. The summed E-state index contributed by atoms with van der Waals surface area (Å²) in [5.41, 5.74) is 3.20. The number of amides is 1. The van der Waals surface area contributed by atoms with Gasteiger partial charge in [-0.1, -0.05) is 18.2 Å². The number of halogens is 1. The van der Waals surface area contributed by atoms with Gasteiger partial charge in [0.05, 0.1) is 7.11 Å². The molecule has 0 radical (unpaired) electrons. The van der Waals surface area contributed by atoms with Gasteiger partial charge in [0, 0.05) is 48.4 Å². The number of hydrogen-bond donors (Lipinski definition) is 2. The number of aromatic amines is 1. The van der Waals surface area contributed by atoms with E-state index in [0.29, 0.717) is 17.9 Å². The minimum Gasteiger partial charge on any atom is -0.497 e. The third kappa shape index (κ3) is 4.17.